The summed E-state index contributed by atoms with van der Waals surface area (Å²) in [6.07, 6.45) is 0. The average molecular weight is 385 g/mol. The van der Waals surface area contributed by atoms with Crippen LogP contribution in [0.2, 0.25) is 0 Å². The Bertz CT molecular complexity index is 863. The summed E-state index contributed by atoms with van der Waals surface area (Å²) in [4.78, 5) is 24.1. The molecule has 2 rings (SSSR count). The summed E-state index contributed by atoms with van der Waals surface area (Å²) in [6.45, 7) is 1.55. The molecule has 0 radical (unpaired) electrons. The summed E-state index contributed by atoms with van der Waals surface area (Å²) in [7, 11) is 4.58. The Hall–Kier alpha value is -3.55. The standard InChI is InChI=1S/C20H23N3O5/c1-13(14-5-8-16(26-2)9-6-14)22-23-19(24)12-21-20(25)15-7-10-17(27-3)18(11-15)28-4/h5-11H,12H2,1-4H3,(H,21,25)(H,23,24)/b22-13-. The summed E-state index contributed by atoms with van der Waals surface area (Å²) >= 11 is 0. The van der Waals surface area contributed by atoms with Crippen molar-refractivity contribution in [3.8, 4) is 17.2 Å². The van der Waals surface area contributed by atoms with Crippen LogP contribution in [-0.2, 0) is 4.79 Å². The second kappa shape index (κ2) is 9.96. The van der Waals surface area contributed by atoms with Crippen molar-refractivity contribution in [2.45, 2.75) is 6.92 Å². The van der Waals surface area contributed by atoms with Gasteiger partial charge in [0.1, 0.15) is 5.75 Å². The maximum atomic E-state index is 12.2. The SMILES string of the molecule is COc1ccc(/C(C)=N\NC(=O)CNC(=O)c2ccc(OC)c(OC)c2)cc1. The molecular weight excluding hydrogens is 362 g/mol. The third kappa shape index (κ3) is 5.47. The lowest BCUT2D eigenvalue weighted by Crippen LogP contribution is -2.35. The van der Waals surface area contributed by atoms with E-state index in [1.54, 1.807) is 38.3 Å². The first-order chi connectivity index (χ1) is 13.5. The molecule has 2 N–H and O–H groups in total. The van der Waals surface area contributed by atoms with Gasteiger partial charge >= 0.3 is 0 Å². The van der Waals surface area contributed by atoms with E-state index >= 15 is 0 Å². The van der Waals surface area contributed by atoms with Crippen molar-refractivity contribution in [3.05, 3.63) is 53.6 Å². The molecule has 0 saturated carbocycles. The lowest BCUT2D eigenvalue weighted by atomic mass is 10.1. The molecular formula is C20H23N3O5. The summed E-state index contributed by atoms with van der Waals surface area (Å²) in [5.74, 6) is 0.826. The predicted octanol–water partition coefficient (Wildman–Crippen LogP) is 1.98. The minimum Gasteiger partial charge on any atom is -0.497 e. The molecule has 0 aliphatic rings. The Balaban J connectivity index is 1.90. The molecule has 0 bridgehead atoms. The fraction of sp³-hybridized carbons (Fsp3) is 0.250. The topological polar surface area (TPSA) is 98.2 Å². The Kier molecular flexibility index (Phi) is 7.38. The average Bonchev–Trinajstić information content (AvgIpc) is 2.75. The highest BCUT2D eigenvalue weighted by molar-refractivity contribution is 6.00. The van der Waals surface area contributed by atoms with Crippen LogP contribution in [0.1, 0.15) is 22.8 Å². The molecule has 0 heterocycles. The lowest BCUT2D eigenvalue weighted by molar-refractivity contribution is -0.120. The smallest absolute Gasteiger partial charge is 0.259 e. The molecule has 0 atom stereocenters. The summed E-state index contributed by atoms with van der Waals surface area (Å²) in [5, 5.41) is 6.57. The van der Waals surface area contributed by atoms with Crippen molar-refractivity contribution in [1.29, 1.82) is 0 Å². The minimum absolute atomic E-state index is 0.216. The van der Waals surface area contributed by atoms with Gasteiger partial charge in [-0.05, 0) is 55.0 Å². The van der Waals surface area contributed by atoms with Crippen molar-refractivity contribution in [1.82, 2.24) is 10.7 Å². The number of nitrogens with one attached hydrogen (secondary N) is 2. The van der Waals surface area contributed by atoms with Gasteiger partial charge in [-0.25, -0.2) is 5.43 Å². The second-order valence-corrected chi connectivity index (χ2v) is 5.71. The van der Waals surface area contributed by atoms with Gasteiger partial charge in [0.2, 0.25) is 0 Å². The number of carbonyl (C=O) groups excluding carboxylic acids is 2. The Morgan fingerprint density at radius 3 is 2.14 bits per heavy atom. The predicted molar refractivity (Wildman–Crippen MR) is 105 cm³/mol. The molecule has 28 heavy (non-hydrogen) atoms. The van der Waals surface area contributed by atoms with Crippen LogP contribution < -0.4 is 25.0 Å². The zero-order valence-electron chi connectivity index (χ0n) is 16.2. The number of carbonyl (C=O) groups is 2. The quantitative estimate of drug-likeness (QED) is 0.535. The zero-order chi connectivity index (χ0) is 20.5. The van der Waals surface area contributed by atoms with E-state index in [4.69, 9.17) is 14.2 Å². The maximum Gasteiger partial charge on any atom is 0.259 e. The van der Waals surface area contributed by atoms with Gasteiger partial charge in [-0.3, -0.25) is 9.59 Å². The van der Waals surface area contributed by atoms with Crippen LogP contribution in [0.15, 0.2) is 47.6 Å². The second-order valence-electron chi connectivity index (χ2n) is 5.71. The molecule has 2 aromatic carbocycles. The highest BCUT2D eigenvalue weighted by atomic mass is 16.5. The van der Waals surface area contributed by atoms with E-state index in [1.807, 2.05) is 12.1 Å². The van der Waals surface area contributed by atoms with E-state index in [2.05, 4.69) is 15.8 Å². The number of hydrogen-bond acceptors (Lipinski definition) is 6. The number of ether oxygens (including phenoxy) is 3. The highest BCUT2D eigenvalue weighted by Crippen LogP contribution is 2.27. The van der Waals surface area contributed by atoms with Crippen molar-refractivity contribution >= 4 is 17.5 Å². The third-order valence-electron chi connectivity index (χ3n) is 3.91. The van der Waals surface area contributed by atoms with Gasteiger partial charge in [-0.2, -0.15) is 5.10 Å². The number of rotatable bonds is 8. The van der Waals surface area contributed by atoms with E-state index in [-0.39, 0.29) is 6.54 Å². The molecule has 0 unspecified atom stereocenters. The molecule has 8 heteroatoms. The zero-order valence-corrected chi connectivity index (χ0v) is 16.2. The van der Waals surface area contributed by atoms with Crippen molar-refractivity contribution < 1.29 is 23.8 Å². The van der Waals surface area contributed by atoms with Gasteiger partial charge in [0, 0.05) is 5.56 Å². The highest BCUT2D eigenvalue weighted by Gasteiger charge is 2.12. The number of hydrogen-bond donors (Lipinski definition) is 2. The molecule has 0 saturated heterocycles. The number of nitrogens with zero attached hydrogens (tertiary/aromatic N) is 1. The summed E-state index contributed by atoms with van der Waals surface area (Å²) in [6, 6.07) is 12.0. The van der Waals surface area contributed by atoms with E-state index < -0.39 is 11.8 Å². The molecule has 0 spiro atoms. The molecule has 0 aliphatic heterocycles. The summed E-state index contributed by atoms with van der Waals surface area (Å²) in [5.41, 5.74) is 4.24. The molecule has 2 aromatic rings. The molecule has 0 fully saturated rings. The van der Waals surface area contributed by atoms with E-state index in [0.29, 0.717) is 22.8 Å². The van der Waals surface area contributed by atoms with Crippen molar-refractivity contribution in [3.63, 3.8) is 0 Å². The van der Waals surface area contributed by atoms with Crippen molar-refractivity contribution in [2.75, 3.05) is 27.9 Å². The molecule has 8 nitrogen and oxygen atoms in total. The summed E-state index contributed by atoms with van der Waals surface area (Å²) < 4.78 is 15.4. The molecule has 0 aromatic heterocycles. The van der Waals surface area contributed by atoms with Crippen LogP contribution >= 0.6 is 0 Å². The van der Waals surface area contributed by atoms with E-state index in [0.717, 1.165) is 11.3 Å². The van der Waals surface area contributed by atoms with Gasteiger partial charge < -0.3 is 19.5 Å². The monoisotopic (exact) mass is 385 g/mol. The first kappa shape index (κ1) is 20.8. The van der Waals surface area contributed by atoms with Crippen LogP contribution in [0.4, 0.5) is 0 Å². The normalized spacial score (nSPS) is 10.8. The first-order valence-corrected chi connectivity index (χ1v) is 8.46. The van der Waals surface area contributed by atoms with E-state index in [1.165, 1.54) is 20.3 Å². The van der Waals surface area contributed by atoms with E-state index in [9.17, 15) is 9.59 Å². The van der Waals surface area contributed by atoms with Gasteiger partial charge in [0.15, 0.2) is 11.5 Å². The Morgan fingerprint density at radius 1 is 0.893 bits per heavy atom. The largest absolute Gasteiger partial charge is 0.497 e. The van der Waals surface area contributed by atoms with Gasteiger partial charge in [0.25, 0.3) is 11.8 Å². The molecule has 148 valence electrons. The lowest BCUT2D eigenvalue weighted by Gasteiger charge is -2.10. The van der Waals surface area contributed by atoms with Crippen LogP contribution in [0.3, 0.4) is 0 Å². The van der Waals surface area contributed by atoms with Crippen LogP contribution in [0, 0.1) is 0 Å². The number of benzene rings is 2. The van der Waals surface area contributed by atoms with Gasteiger partial charge in [-0.1, -0.05) is 0 Å². The Morgan fingerprint density at radius 2 is 1.54 bits per heavy atom. The maximum absolute atomic E-state index is 12.2. The third-order valence-corrected chi connectivity index (χ3v) is 3.91. The van der Waals surface area contributed by atoms with Crippen molar-refractivity contribution in [2.24, 2.45) is 5.10 Å². The van der Waals surface area contributed by atoms with Gasteiger partial charge in [-0.15, -0.1) is 0 Å². The fourth-order valence-corrected chi connectivity index (χ4v) is 2.32. The molecule has 0 aliphatic carbocycles. The van der Waals surface area contributed by atoms with Gasteiger partial charge in [0.05, 0.1) is 33.6 Å². The number of hydrazone groups is 1. The number of methoxy groups -OCH3 is 3. The Labute approximate surface area is 163 Å². The molecule has 2 amide bonds. The van der Waals surface area contributed by atoms with Crippen LogP contribution in [0.25, 0.3) is 0 Å². The minimum atomic E-state index is -0.443. The fourth-order valence-electron chi connectivity index (χ4n) is 2.32. The van der Waals surface area contributed by atoms with Crippen LogP contribution in [-0.4, -0.2) is 45.4 Å². The first-order valence-electron chi connectivity index (χ1n) is 8.46. The van der Waals surface area contributed by atoms with Crippen LogP contribution in [0.5, 0.6) is 17.2 Å². The number of amides is 2.